The highest BCUT2D eigenvalue weighted by atomic mass is 32.2. The Kier molecular flexibility index (Phi) is 5.32. The molecule has 0 saturated heterocycles. The van der Waals surface area contributed by atoms with Gasteiger partial charge in [-0.2, -0.15) is 0 Å². The van der Waals surface area contributed by atoms with Gasteiger partial charge in [-0.05, 0) is 27.7 Å². The molecular weight excluding hydrogens is 284 g/mol. The quantitative estimate of drug-likeness (QED) is 0.662. The van der Waals surface area contributed by atoms with E-state index in [-0.39, 0.29) is 23.8 Å². The molecule has 0 radical (unpaired) electrons. The smallest absolute Gasteiger partial charge is 0.355 e. The van der Waals surface area contributed by atoms with Gasteiger partial charge in [-0.15, -0.1) is 0 Å². The summed E-state index contributed by atoms with van der Waals surface area (Å²) in [6.07, 6.45) is 0. The molecule has 8 heteroatoms. The van der Waals surface area contributed by atoms with Gasteiger partial charge in [-0.3, -0.25) is 0 Å². The first-order valence-corrected chi connectivity index (χ1v) is 7.72. The van der Waals surface area contributed by atoms with Crippen LogP contribution >= 0.6 is 0 Å². The van der Waals surface area contributed by atoms with Gasteiger partial charge in [0.1, 0.15) is 10.6 Å². The highest BCUT2D eigenvalue weighted by molar-refractivity contribution is 7.89. The predicted octanol–water partition coefficient (Wildman–Crippen LogP) is 0.467. The number of esters is 1. The van der Waals surface area contributed by atoms with E-state index in [9.17, 15) is 13.2 Å². The van der Waals surface area contributed by atoms with E-state index in [1.165, 1.54) is 6.92 Å². The number of carbonyl (C=O) groups is 1. The van der Waals surface area contributed by atoms with Crippen molar-refractivity contribution in [2.24, 2.45) is 0 Å². The second-order valence-electron chi connectivity index (χ2n) is 4.50. The average molecular weight is 304 g/mol. The van der Waals surface area contributed by atoms with Gasteiger partial charge in [0.05, 0.1) is 13.2 Å². The zero-order valence-corrected chi connectivity index (χ0v) is 12.8. The van der Waals surface area contributed by atoms with Gasteiger partial charge in [0, 0.05) is 17.3 Å². The van der Waals surface area contributed by atoms with E-state index in [4.69, 9.17) is 9.84 Å². The van der Waals surface area contributed by atoms with Gasteiger partial charge in [0.2, 0.25) is 10.0 Å². The van der Waals surface area contributed by atoms with E-state index in [1.807, 2.05) is 0 Å². The molecule has 1 aromatic heterocycles. The number of aromatic nitrogens is 1. The van der Waals surface area contributed by atoms with E-state index in [2.05, 4.69) is 9.71 Å². The summed E-state index contributed by atoms with van der Waals surface area (Å²) >= 11 is 0. The fourth-order valence-electron chi connectivity index (χ4n) is 1.90. The molecule has 1 atom stereocenters. The molecule has 0 unspecified atom stereocenters. The molecule has 7 nitrogen and oxygen atoms in total. The summed E-state index contributed by atoms with van der Waals surface area (Å²) in [4.78, 5) is 14.5. The van der Waals surface area contributed by atoms with Gasteiger partial charge in [-0.25, -0.2) is 17.9 Å². The van der Waals surface area contributed by atoms with Crippen molar-refractivity contribution in [3.05, 3.63) is 17.0 Å². The number of aromatic amines is 1. The molecule has 1 aromatic rings. The minimum absolute atomic E-state index is 0.0147. The van der Waals surface area contributed by atoms with Crippen LogP contribution in [0.5, 0.6) is 0 Å². The molecule has 114 valence electrons. The number of hydrogen-bond donors (Lipinski definition) is 3. The van der Waals surface area contributed by atoms with Crippen LogP contribution in [0, 0.1) is 13.8 Å². The van der Waals surface area contributed by atoms with Crippen LogP contribution in [0.15, 0.2) is 4.90 Å². The Balaban J connectivity index is 3.23. The SMILES string of the molecule is CCOC(=O)c1[nH]c(C)c(S(=O)(=O)N[C@H](C)CO)c1C. The molecule has 0 aliphatic rings. The lowest BCUT2D eigenvalue weighted by molar-refractivity contribution is 0.0519. The van der Waals surface area contributed by atoms with E-state index in [0.717, 1.165) is 0 Å². The summed E-state index contributed by atoms with van der Waals surface area (Å²) in [5.74, 6) is -0.593. The fraction of sp³-hybridized carbons (Fsp3) is 0.583. The van der Waals surface area contributed by atoms with Gasteiger partial charge in [0.15, 0.2) is 0 Å². The van der Waals surface area contributed by atoms with E-state index < -0.39 is 22.0 Å². The largest absolute Gasteiger partial charge is 0.461 e. The lowest BCUT2D eigenvalue weighted by Gasteiger charge is -2.12. The zero-order valence-electron chi connectivity index (χ0n) is 12.0. The normalized spacial score (nSPS) is 13.2. The Morgan fingerprint density at radius 3 is 2.55 bits per heavy atom. The van der Waals surface area contributed by atoms with Gasteiger partial charge in [0.25, 0.3) is 0 Å². The van der Waals surface area contributed by atoms with Crippen molar-refractivity contribution in [3.63, 3.8) is 0 Å². The third kappa shape index (κ3) is 3.38. The Labute approximate surface area is 118 Å². The van der Waals surface area contributed by atoms with Crippen LogP contribution < -0.4 is 4.72 Å². The fourth-order valence-corrected chi connectivity index (χ4v) is 3.59. The van der Waals surface area contributed by atoms with E-state index >= 15 is 0 Å². The second-order valence-corrected chi connectivity index (χ2v) is 6.16. The third-order valence-electron chi connectivity index (χ3n) is 2.75. The maximum atomic E-state index is 12.2. The molecule has 1 rings (SSSR count). The zero-order chi connectivity index (χ0) is 15.5. The molecule has 0 bridgehead atoms. The Morgan fingerprint density at radius 1 is 1.45 bits per heavy atom. The third-order valence-corrected chi connectivity index (χ3v) is 4.61. The van der Waals surface area contributed by atoms with Crippen molar-refractivity contribution < 1.29 is 23.1 Å². The summed E-state index contributed by atoms with van der Waals surface area (Å²) in [5, 5.41) is 8.94. The topological polar surface area (TPSA) is 108 Å². The monoisotopic (exact) mass is 304 g/mol. The molecule has 0 aromatic carbocycles. The summed E-state index contributed by atoms with van der Waals surface area (Å²) < 4.78 is 31.7. The highest BCUT2D eigenvalue weighted by Crippen LogP contribution is 2.23. The number of carbonyl (C=O) groups excluding carboxylic acids is 1. The van der Waals surface area contributed by atoms with Crippen LogP contribution in [0.4, 0.5) is 0 Å². The minimum Gasteiger partial charge on any atom is -0.461 e. The number of hydrogen-bond acceptors (Lipinski definition) is 5. The molecule has 3 N–H and O–H groups in total. The maximum Gasteiger partial charge on any atom is 0.355 e. The number of rotatable bonds is 6. The number of aliphatic hydroxyl groups is 1. The van der Waals surface area contributed by atoms with Crippen molar-refractivity contribution in [3.8, 4) is 0 Å². The molecule has 0 amide bonds. The number of H-pyrrole nitrogens is 1. The summed E-state index contributed by atoms with van der Waals surface area (Å²) in [5.41, 5.74) is 0.781. The first-order valence-electron chi connectivity index (χ1n) is 6.24. The Hall–Kier alpha value is -1.38. The first-order chi connectivity index (χ1) is 9.24. The minimum atomic E-state index is -3.81. The first kappa shape index (κ1) is 16.7. The van der Waals surface area contributed by atoms with Gasteiger partial charge < -0.3 is 14.8 Å². The molecule has 0 saturated carbocycles. The second kappa shape index (κ2) is 6.38. The van der Waals surface area contributed by atoms with Crippen molar-refractivity contribution in [1.29, 1.82) is 0 Å². The molecule has 0 aliphatic heterocycles. The highest BCUT2D eigenvalue weighted by Gasteiger charge is 2.27. The van der Waals surface area contributed by atoms with Gasteiger partial charge >= 0.3 is 5.97 Å². The summed E-state index contributed by atoms with van der Waals surface area (Å²) in [6.45, 7) is 6.21. The number of aryl methyl sites for hydroxylation is 1. The van der Waals surface area contributed by atoms with Crippen molar-refractivity contribution >= 4 is 16.0 Å². The molecular formula is C12H20N2O5S. The van der Waals surface area contributed by atoms with Gasteiger partial charge in [-0.1, -0.05) is 0 Å². The Morgan fingerprint density at radius 2 is 2.05 bits per heavy atom. The summed E-state index contributed by atoms with van der Waals surface area (Å²) in [6, 6.07) is -0.611. The van der Waals surface area contributed by atoms with Crippen LogP contribution in [-0.4, -0.2) is 43.7 Å². The average Bonchev–Trinajstić information content (AvgIpc) is 2.65. The molecule has 0 fully saturated rings. The predicted molar refractivity (Wildman–Crippen MR) is 73.1 cm³/mol. The Bertz CT molecular complexity index is 591. The number of sulfonamides is 1. The van der Waals surface area contributed by atoms with E-state index in [1.54, 1.807) is 20.8 Å². The lowest BCUT2D eigenvalue weighted by atomic mass is 10.2. The molecule has 1 heterocycles. The molecule has 0 aliphatic carbocycles. The van der Waals surface area contributed by atoms with Crippen molar-refractivity contribution in [1.82, 2.24) is 9.71 Å². The standard InChI is InChI=1S/C12H20N2O5S/c1-5-19-12(16)10-8(3)11(9(4)13-10)20(17,18)14-7(2)6-15/h7,13-15H,5-6H2,1-4H3/t7-/m1/s1. The van der Waals surface area contributed by atoms with Crippen LogP contribution in [0.3, 0.4) is 0 Å². The number of aliphatic hydroxyl groups excluding tert-OH is 1. The lowest BCUT2D eigenvalue weighted by Crippen LogP contribution is -2.35. The van der Waals surface area contributed by atoms with Crippen LogP contribution in [0.1, 0.15) is 35.6 Å². The van der Waals surface area contributed by atoms with Crippen LogP contribution in [0.25, 0.3) is 0 Å². The van der Waals surface area contributed by atoms with E-state index in [0.29, 0.717) is 11.3 Å². The van der Waals surface area contributed by atoms with Crippen LogP contribution in [-0.2, 0) is 14.8 Å². The summed E-state index contributed by atoms with van der Waals surface area (Å²) in [7, 11) is -3.81. The van der Waals surface area contributed by atoms with Crippen LogP contribution in [0.2, 0.25) is 0 Å². The molecule has 0 spiro atoms. The number of ether oxygens (including phenoxy) is 1. The maximum absolute atomic E-state index is 12.2. The van der Waals surface area contributed by atoms with Crippen molar-refractivity contribution in [2.45, 2.75) is 38.6 Å². The van der Waals surface area contributed by atoms with Crippen molar-refractivity contribution in [2.75, 3.05) is 13.2 Å². The molecule has 20 heavy (non-hydrogen) atoms. The number of nitrogens with one attached hydrogen (secondary N) is 2.